The van der Waals surface area contributed by atoms with Crippen molar-refractivity contribution in [3.8, 4) is 0 Å². The number of hydrogen-bond donors (Lipinski definition) is 0. The molecule has 90 valence electrons. The van der Waals surface area contributed by atoms with Gasteiger partial charge in [0.25, 0.3) is 0 Å². The summed E-state index contributed by atoms with van der Waals surface area (Å²) in [6.45, 7) is 4.37. The maximum atomic E-state index is 4.47. The predicted molar refractivity (Wildman–Crippen MR) is 69.8 cm³/mol. The highest BCUT2D eigenvalue weighted by Gasteiger charge is 2.05. The highest BCUT2D eigenvalue weighted by Crippen LogP contribution is 2.12. The lowest BCUT2D eigenvalue weighted by Gasteiger charge is -2.09. The first-order valence-electron chi connectivity index (χ1n) is 6.56. The molecule has 0 amide bonds. The molecule has 0 aromatic heterocycles. The topological polar surface area (TPSA) is 24.7 Å². The summed E-state index contributed by atoms with van der Waals surface area (Å²) in [5, 5.41) is 8.94. The molecule has 0 fully saturated rings. The summed E-state index contributed by atoms with van der Waals surface area (Å²) in [6, 6.07) is 0.766. The molecule has 2 atom stereocenters. The second-order valence-electron chi connectivity index (χ2n) is 4.35. The minimum Gasteiger partial charge on any atom is -0.190 e. The summed E-state index contributed by atoms with van der Waals surface area (Å²) in [6.07, 6.45) is 15.6. The van der Waals surface area contributed by atoms with Crippen molar-refractivity contribution in [2.75, 3.05) is 0 Å². The molecule has 0 aromatic rings. The molecule has 2 nitrogen and oxygen atoms in total. The van der Waals surface area contributed by atoms with Crippen molar-refractivity contribution in [3.05, 3.63) is 24.3 Å². The van der Waals surface area contributed by atoms with Gasteiger partial charge in [-0.2, -0.15) is 10.2 Å². The molecule has 2 heteroatoms. The van der Waals surface area contributed by atoms with Crippen LogP contribution in [0.1, 0.15) is 52.4 Å². The summed E-state index contributed by atoms with van der Waals surface area (Å²) in [4.78, 5) is 0. The molecule has 0 aromatic carbocycles. The van der Waals surface area contributed by atoms with E-state index in [0.29, 0.717) is 12.1 Å². The van der Waals surface area contributed by atoms with Crippen LogP contribution in [0.4, 0.5) is 0 Å². The van der Waals surface area contributed by atoms with Gasteiger partial charge in [0.2, 0.25) is 0 Å². The molecule has 0 spiro atoms. The largest absolute Gasteiger partial charge is 0.190 e. The van der Waals surface area contributed by atoms with E-state index >= 15 is 0 Å². The van der Waals surface area contributed by atoms with Crippen LogP contribution in [0, 0.1) is 0 Å². The lowest BCUT2D eigenvalue weighted by atomic mass is 10.1. The Morgan fingerprint density at radius 2 is 1.25 bits per heavy atom. The lowest BCUT2D eigenvalue weighted by Crippen LogP contribution is -2.05. The van der Waals surface area contributed by atoms with E-state index in [0.717, 1.165) is 38.5 Å². The maximum absolute atomic E-state index is 4.47. The molecule has 16 heavy (non-hydrogen) atoms. The number of rotatable bonds is 2. The fourth-order valence-corrected chi connectivity index (χ4v) is 1.71. The summed E-state index contributed by atoms with van der Waals surface area (Å²) in [5.74, 6) is 0. The van der Waals surface area contributed by atoms with Gasteiger partial charge in [-0.25, -0.2) is 0 Å². The summed E-state index contributed by atoms with van der Waals surface area (Å²) < 4.78 is 0. The first-order valence-corrected chi connectivity index (χ1v) is 6.56. The molecular weight excluding hydrogens is 196 g/mol. The Morgan fingerprint density at radius 3 is 1.62 bits per heavy atom. The molecule has 1 aliphatic heterocycles. The minimum atomic E-state index is 0.383. The van der Waals surface area contributed by atoms with Gasteiger partial charge in [-0.3, -0.25) is 0 Å². The molecule has 0 radical (unpaired) electrons. The van der Waals surface area contributed by atoms with Crippen LogP contribution < -0.4 is 0 Å². The molecule has 1 aliphatic rings. The second-order valence-corrected chi connectivity index (χ2v) is 4.35. The van der Waals surface area contributed by atoms with Gasteiger partial charge in [0.15, 0.2) is 0 Å². The molecule has 0 aliphatic carbocycles. The van der Waals surface area contributed by atoms with Gasteiger partial charge in [-0.15, -0.1) is 0 Å². The third-order valence-corrected chi connectivity index (χ3v) is 2.99. The molecule has 2 unspecified atom stereocenters. The Hall–Kier alpha value is -0.920. The van der Waals surface area contributed by atoms with E-state index in [-0.39, 0.29) is 0 Å². The van der Waals surface area contributed by atoms with Crippen molar-refractivity contribution in [1.82, 2.24) is 0 Å². The van der Waals surface area contributed by atoms with Crippen LogP contribution in [-0.4, -0.2) is 12.1 Å². The first-order chi connectivity index (χ1) is 7.86. The SMILES string of the molecule is CCC1C/C=C\CC/C=C\CC(CC)N=N1. The molecule has 0 saturated heterocycles. The van der Waals surface area contributed by atoms with Crippen molar-refractivity contribution in [2.24, 2.45) is 10.2 Å². The van der Waals surface area contributed by atoms with Crippen LogP contribution in [0.5, 0.6) is 0 Å². The van der Waals surface area contributed by atoms with Crippen LogP contribution in [0.15, 0.2) is 34.5 Å². The van der Waals surface area contributed by atoms with Crippen molar-refractivity contribution in [1.29, 1.82) is 0 Å². The molecular formula is C14H24N2. The van der Waals surface area contributed by atoms with Gasteiger partial charge in [-0.05, 0) is 38.5 Å². The molecule has 0 saturated carbocycles. The zero-order valence-electron chi connectivity index (χ0n) is 10.6. The lowest BCUT2D eigenvalue weighted by molar-refractivity contribution is 0.552. The van der Waals surface area contributed by atoms with Crippen LogP contribution in [0.25, 0.3) is 0 Å². The van der Waals surface area contributed by atoms with Gasteiger partial charge < -0.3 is 0 Å². The Labute approximate surface area is 99.5 Å². The average molecular weight is 220 g/mol. The summed E-state index contributed by atoms with van der Waals surface area (Å²) in [5.41, 5.74) is 0. The Kier molecular flexibility index (Phi) is 6.78. The van der Waals surface area contributed by atoms with Gasteiger partial charge >= 0.3 is 0 Å². The van der Waals surface area contributed by atoms with E-state index in [1.807, 2.05) is 0 Å². The Bertz CT molecular complexity index is 227. The number of hydrogen-bond acceptors (Lipinski definition) is 2. The van der Waals surface area contributed by atoms with Gasteiger partial charge in [-0.1, -0.05) is 38.2 Å². The first kappa shape index (κ1) is 13.1. The van der Waals surface area contributed by atoms with Crippen LogP contribution in [0.2, 0.25) is 0 Å². The predicted octanol–water partition coefficient (Wildman–Crippen LogP) is 4.68. The highest BCUT2D eigenvalue weighted by molar-refractivity contribution is 4.92. The zero-order valence-corrected chi connectivity index (χ0v) is 10.6. The smallest absolute Gasteiger partial charge is 0.0740 e. The normalized spacial score (nSPS) is 31.4. The second kappa shape index (κ2) is 8.26. The summed E-state index contributed by atoms with van der Waals surface area (Å²) >= 11 is 0. The van der Waals surface area contributed by atoms with Crippen molar-refractivity contribution < 1.29 is 0 Å². The van der Waals surface area contributed by atoms with Crippen LogP contribution in [0.3, 0.4) is 0 Å². The third kappa shape index (κ3) is 5.24. The standard InChI is InChI=1S/C14H24N2/c1-3-13-11-9-7-5-6-8-10-12-14(4-2)16-15-13/h7-10,13-14H,3-6,11-12H2,1-2H3/b9-7-,10-8-,16-15?. The van der Waals surface area contributed by atoms with E-state index in [1.54, 1.807) is 0 Å². The molecule has 0 bridgehead atoms. The van der Waals surface area contributed by atoms with Gasteiger partial charge in [0.1, 0.15) is 0 Å². The number of nitrogens with zero attached hydrogens (tertiary/aromatic N) is 2. The van der Waals surface area contributed by atoms with Crippen molar-refractivity contribution in [3.63, 3.8) is 0 Å². The van der Waals surface area contributed by atoms with Gasteiger partial charge in [0, 0.05) is 0 Å². The number of azo groups is 1. The quantitative estimate of drug-likeness (QED) is 0.603. The van der Waals surface area contributed by atoms with Crippen molar-refractivity contribution in [2.45, 2.75) is 64.5 Å². The fraction of sp³-hybridized carbons (Fsp3) is 0.714. The maximum Gasteiger partial charge on any atom is 0.0740 e. The molecule has 1 heterocycles. The van der Waals surface area contributed by atoms with Gasteiger partial charge in [0.05, 0.1) is 12.1 Å². The zero-order chi connectivity index (χ0) is 11.6. The van der Waals surface area contributed by atoms with E-state index < -0.39 is 0 Å². The van der Waals surface area contributed by atoms with E-state index in [1.165, 1.54) is 0 Å². The Balaban J connectivity index is 2.62. The van der Waals surface area contributed by atoms with Crippen LogP contribution in [-0.2, 0) is 0 Å². The molecule has 1 rings (SSSR count). The monoisotopic (exact) mass is 220 g/mol. The fourth-order valence-electron chi connectivity index (χ4n) is 1.71. The Morgan fingerprint density at radius 1 is 0.812 bits per heavy atom. The van der Waals surface area contributed by atoms with E-state index in [2.05, 4.69) is 48.4 Å². The minimum absolute atomic E-state index is 0.383. The summed E-state index contributed by atoms with van der Waals surface area (Å²) in [7, 11) is 0. The van der Waals surface area contributed by atoms with E-state index in [9.17, 15) is 0 Å². The average Bonchev–Trinajstić information content (AvgIpc) is 2.30. The number of allylic oxidation sites excluding steroid dienone is 2. The highest BCUT2D eigenvalue weighted by atomic mass is 15.1. The van der Waals surface area contributed by atoms with Crippen LogP contribution >= 0.6 is 0 Å². The van der Waals surface area contributed by atoms with E-state index in [4.69, 9.17) is 0 Å². The van der Waals surface area contributed by atoms with Crippen molar-refractivity contribution >= 4 is 0 Å². The third-order valence-electron chi connectivity index (χ3n) is 2.99. The molecule has 0 N–H and O–H groups in total.